The molecule has 9 nitrogen and oxygen atoms in total. The molecule has 0 saturated carbocycles. The van der Waals surface area contributed by atoms with Gasteiger partial charge in [0, 0.05) is 28.8 Å². The first-order chi connectivity index (χ1) is 15.3. The Morgan fingerprint density at radius 1 is 1.16 bits per heavy atom. The number of halogens is 1. The number of benzene rings is 2. The standard InChI is InChI=1S/C22H23BrN2O7/c1-31-18(9-5-6-10-19(27)25-30)20(16-13-15(23)11-12-17(16)26)32-22(29)24-21(28)14-7-3-2-4-8-14/h2-4,6-8,10-13,18,20,26,30H,5,9H2,1H3,(H,25,27)(H,24,28,29)/b10-6+/t18-,20-/m1/s1. The summed E-state index contributed by atoms with van der Waals surface area (Å²) in [5.74, 6) is -1.45. The van der Waals surface area contributed by atoms with Gasteiger partial charge in [0.05, 0.1) is 6.10 Å². The van der Waals surface area contributed by atoms with Crippen molar-refractivity contribution >= 4 is 33.8 Å². The van der Waals surface area contributed by atoms with Gasteiger partial charge < -0.3 is 14.6 Å². The highest BCUT2D eigenvalue weighted by Crippen LogP contribution is 2.34. The van der Waals surface area contributed by atoms with E-state index in [1.165, 1.54) is 24.7 Å². The summed E-state index contributed by atoms with van der Waals surface area (Å²) in [4.78, 5) is 35.9. The number of nitrogens with one attached hydrogen (secondary N) is 2. The zero-order valence-electron chi connectivity index (χ0n) is 17.2. The van der Waals surface area contributed by atoms with E-state index in [9.17, 15) is 19.5 Å². The van der Waals surface area contributed by atoms with E-state index in [-0.39, 0.29) is 16.9 Å². The predicted molar refractivity (Wildman–Crippen MR) is 118 cm³/mol. The van der Waals surface area contributed by atoms with Crippen molar-refractivity contribution < 1.29 is 34.2 Å². The van der Waals surface area contributed by atoms with Crippen molar-refractivity contribution in [2.24, 2.45) is 0 Å². The molecule has 0 aliphatic rings. The summed E-state index contributed by atoms with van der Waals surface area (Å²) in [6.45, 7) is 0. The lowest BCUT2D eigenvalue weighted by molar-refractivity contribution is -0.124. The van der Waals surface area contributed by atoms with Gasteiger partial charge in [0.15, 0.2) is 6.10 Å². The molecule has 0 saturated heterocycles. The van der Waals surface area contributed by atoms with E-state index in [4.69, 9.17) is 14.7 Å². The van der Waals surface area contributed by atoms with Crippen molar-refractivity contribution in [1.82, 2.24) is 10.8 Å². The molecular weight excluding hydrogens is 484 g/mol. The maximum Gasteiger partial charge on any atom is 0.414 e. The molecule has 2 rings (SSSR count). The van der Waals surface area contributed by atoms with E-state index in [0.29, 0.717) is 17.3 Å². The van der Waals surface area contributed by atoms with Crippen LogP contribution in [0.2, 0.25) is 0 Å². The molecule has 170 valence electrons. The van der Waals surface area contributed by atoms with Crippen LogP contribution in [0.25, 0.3) is 0 Å². The number of hydroxylamine groups is 1. The van der Waals surface area contributed by atoms with E-state index >= 15 is 0 Å². The number of hydrogen-bond acceptors (Lipinski definition) is 7. The number of phenolic OH excluding ortho intramolecular Hbond substituents is 1. The summed E-state index contributed by atoms with van der Waals surface area (Å²) >= 11 is 3.32. The fraction of sp³-hybridized carbons (Fsp3) is 0.227. The molecule has 10 heteroatoms. The molecule has 0 aliphatic heterocycles. The number of hydrogen-bond donors (Lipinski definition) is 4. The lowest BCUT2D eigenvalue weighted by Crippen LogP contribution is -2.35. The maximum atomic E-state index is 12.5. The second-order valence-electron chi connectivity index (χ2n) is 6.58. The Bertz CT molecular complexity index is 966. The van der Waals surface area contributed by atoms with E-state index in [2.05, 4.69) is 21.2 Å². The number of allylic oxidation sites excluding steroid dienone is 1. The third-order valence-electron chi connectivity index (χ3n) is 4.42. The topological polar surface area (TPSA) is 134 Å². The molecule has 0 unspecified atom stereocenters. The van der Waals surface area contributed by atoms with Gasteiger partial charge in [-0.2, -0.15) is 0 Å². The highest BCUT2D eigenvalue weighted by atomic mass is 79.9. The summed E-state index contributed by atoms with van der Waals surface area (Å²) in [6.07, 6.45) is 0.475. The summed E-state index contributed by atoms with van der Waals surface area (Å²) in [5, 5.41) is 21.0. The second-order valence-corrected chi connectivity index (χ2v) is 7.49. The minimum absolute atomic E-state index is 0.127. The summed E-state index contributed by atoms with van der Waals surface area (Å²) < 4.78 is 11.6. The van der Waals surface area contributed by atoms with Crippen molar-refractivity contribution in [3.8, 4) is 5.75 Å². The Morgan fingerprint density at radius 3 is 2.53 bits per heavy atom. The van der Waals surface area contributed by atoms with E-state index in [1.54, 1.807) is 42.5 Å². The zero-order valence-corrected chi connectivity index (χ0v) is 18.7. The monoisotopic (exact) mass is 506 g/mol. The fourth-order valence-electron chi connectivity index (χ4n) is 2.87. The SMILES string of the molecule is CO[C@H](CC/C=C/C(=O)NO)[C@H](OC(=O)NC(=O)c1ccccc1)c1cc(Br)ccc1O. The van der Waals surface area contributed by atoms with Crippen molar-refractivity contribution in [3.63, 3.8) is 0 Å². The smallest absolute Gasteiger partial charge is 0.414 e. The molecule has 32 heavy (non-hydrogen) atoms. The number of rotatable bonds is 9. The quantitative estimate of drug-likeness (QED) is 0.231. The van der Waals surface area contributed by atoms with Gasteiger partial charge >= 0.3 is 6.09 Å². The minimum atomic E-state index is -1.07. The van der Waals surface area contributed by atoms with Gasteiger partial charge in [0.1, 0.15) is 5.75 Å². The average Bonchev–Trinajstić information content (AvgIpc) is 2.80. The third kappa shape index (κ3) is 7.49. The highest BCUT2D eigenvalue weighted by Gasteiger charge is 2.30. The number of carbonyl (C=O) groups excluding carboxylic acids is 3. The molecule has 0 fully saturated rings. The van der Waals surface area contributed by atoms with Crippen LogP contribution in [0, 0.1) is 0 Å². The normalized spacial score (nSPS) is 12.7. The first-order valence-corrected chi connectivity index (χ1v) is 10.3. The zero-order chi connectivity index (χ0) is 23.5. The number of amides is 3. The largest absolute Gasteiger partial charge is 0.508 e. The van der Waals surface area contributed by atoms with E-state index in [1.807, 2.05) is 0 Å². The van der Waals surface area contributed by atoms with Crippen LogP contribution in [0.15, 0.2) is 65.2 Å². The van der Waals surface area contributed by atoms with Crippen molar-refractivity contribution in [3.05, 3.63) is 76.3 Å². The first kappa shape index (κ1) is 25.1. The van der Waals surface area contributed by atoms with Gasteiger partial charge in [0.2, 0.25) is 0 Å². The van der Waals surface area contributed by atoms with Crippen LogP contribution in [0.1, 0.15) is 34.9 Å². The summed E-state index contributed by atoms with van der Waals surface area (Å²) in [5.41, 5.74) is 2.03. The number of phenols is 1. The Balaban J connectivity index is 2.20. The highest BCUT2D eigenvalue weighted by molar-refractivity contribution is 9.10. The summed E-state index contributed by atoms with van der Waals surface area (Å²) in [6, 6.07) is 12.8. The Kier molecular flexibility index (Phi) is 9.86. The predicted octanol–water partition coefficient (Wildman–Crippen LogP) is 3.62. The molecule has 2 atom stereocenters. The first-order valence-electron chi connectivity index (χ1n) is 9.54. The molecule has 2 aromatic rings. The maximum absolute atomic E-state index is 12.5. The third-order valence-corrected chi connectivity index (χ3v) is 4.91. The number of aromatic hydroxyl groups is 1. The van der Waals surface area contributed by atoms with Crippen LogP contribution in [0.3, 0.4) is 0 Å². The van der Waals surface area contributed by atoms with Gasteiger partial charge in [-0.15, -0.1) is 0 Å². The molecule has 0 heterocycles. The second kappa shape index (κ2) is 12.6. The molecule has 0 aliphatic carbocycles. The number of alkyl carbamates (subject to hydrolysis) is 1. The van der Waals surface area contributed by atoms with Crippen LogP contribution < -0.4 is 10.8 Å². The molecule has 4 N–H and O–H groups in total. The minimum Gasteiger partial charge on any atom is -0.508 e. The molecule has 0 spiro atoms. The summed E-state index contributed by atoms with van der Waals surface area (Å²) in [7, 11) is 1.41. The van der Waals surface area contributed by atoms with E-state index in [0.717, 1.165) is 6.08 Å². The van der Waals surface area contributed by atoms with E-state index < -0.39 is 30.1 Å². The van der Waals surface area contributed by atoms with Gasteiger partial charge in [-0.3, -0.25) is 20.1 Å². The van der Waals surface area contributed by atoms with Crippen molar-refractivity contribution in [2.45, 2.75) is 25.0 Å². The lowest BCUT2D eigenvalue weighted by Gasteiger charge is -2.27. The van der Waals surface area contributed by atoms with Gasteiger partial charge in [0.25, 0.3) is 11.8 Å². The van der Waals surface area contributed by atoms with Crippen LogP contribution in [-0.2, 0) is 14.3 Å². The Hall–Kier alpha value is -3.21. The fourth-order valence-corrected chi connectivity index (χ4v) is 3.25. The molecule has 0 bridgehead atoms. The lowest BCUT2D eigenvalue weighted by atomic mass is 9.99. The van der Waals surface area contributed by atoms with Crippen molar-refractivity contribution in [2.75, 3.05) is 7.11 Å². The van der Waals surface area contributed by atoms with Gasteiger partial charge in [-0.25, -0.2) is 10.3 Å². The molecule has 0 radical (unpaired) electrons. The Labute approximate surface area is 193 Å². The van der Waals surface area contributed by atoms with Crippen LogP contribution in [0.5, 0.6) is 5.75 Å². The van der Waals surface area contributed by atoms with Crippen molar-refractivity contribution in [1.29, 1.82) is 0 Å². The molecule has 0 aromatic heterocycles. The van der Waals surface area contributed by atoms with Gasteiger partial charge in [-0.05, 0) is 43.2 Å². The average molecular weight is 507 g/mol. The number of methoxy groups -OCH3 is 1. The Morgan fingerprint density at radius 2 is 1.88 bits per heavy atom. The van der Waals surface area contributed by atoms with Crippen LogP contribution in [-0.4, -0.2) is 41.4 Å². The molecule has 3 amide bonds. The van der Waals surface area contributed by atoms with Crippen LogP contribution >= 0.6 is 15.9 Å². The van der Waals surface area contributed by atoms with Crippen LogP contribution in [0.4, 0.5) is 4.79 Å². The number of imide groups is 1. The number of ether oxygens (including phenoxy) is 2. The molecule has 2 aromatic carbocycles. The number of carbonyl (C=O) groups is 3. The molecular formula is C22H23BrN2O7. The van der Waals surface area contributed by atoms with Gasteiger partial charge in [-0.1, -0.05) is 40.2 Å².